The van der Waals surface area contributed by atoms with Crippen LogP contribution in [-0.4, -0.2) is 20.4 Å². The molecule has 0 aliphatic rings. The van der Waals surface area contributed by atoms with Crippen molar-refractivity contribution in [1.29, 1.82) is 0 Å². The zero-order valence-corrected chi connectivity index (χ0v) is 16.0. The van der Waals surface area contributed by atoms with Gasteiger partial charge < -0.3 is 14.8 Å². The van der Waals surface area contributed by atoms with E-state index in [0.717, 1.165) is 12.0 Å². The van der Waals surface area contributed by atoms with Crippen molar-refractivity contribution < 1.29 is 17.4 Å². The van der Waals surface area contributed by atoms with E-state index in [1.807, 2.05) is 6.07 Å². The maximum atomic E-state index is 12.4. The molecule has 0 aromatic heterocycles. The summed E-state index contributed by atoms with van der Waals surface area (Å²) in [6.07, 6.45) is 1.01. The number of carbonyl (C=O) groups excluding carboxylic acids is 1. The Labute approximate surface area is 154 Å². The van der Waals surface area contributed by atoms with Crippen LogP contribution in [-0.2, 0) is 21.5 Å². The van der Waals surface area contributed by atoms with Gasteiger partial charge in [0.1, 0.15) is 10.6 Å². The number of hydrogen-bond donors (Lipinski definition) is 2. The van der Waals surface area contributed by atoms with E-state index < -0.39 is 10.1 Å². The quantitative estimate of drug-likeness (QED) is 0.691. The number of hydrogen-bond acceptors (Lipinski definition) is 5. The minimum atomic E-state index is -3.94. The summed E-state index contributed by atoms with van der Waals surface area (Å²) >= 11 is 0. The summed E-state index contributed by atoms with van der Waals surface area (Å²) < 4.78 is 30.1. The second-order valence-electron chi connectivity index (χ2n) is 6.08. The normalized spacial score (nSPS) is 12.4. The Bertz CT molecular complexity index is 848. The monoisotopic (exact) mass is 376 g/mol. The van der Waals surface area contributed by atoms with E-state index in [2.05, 4.69) is 24.5 Å². The Kier molecular flexibility index (Phi) is 6.76. The Hall–Kier alpha value is -2.38. The Morgan fingerprint density at radius 3 is 2.46 bits per heavy atom. The van der Waals surface area contributed by atoms with E-state index in [-0.39, 0.29) is 16.6 Å². The van der Waals surface area contributed by atoms with E-state index in [9.17, 15) is 13.2 Å². The lowest BCUT2D eigenvalue weighted by molar-refractivity contribution is -0.114. The molecule has 0 radical (unpaired) electrons. The first kappa shape index (κ1) is 19.9. The average molecular weight is 376 g/mol. The van der Waals surface area contributed by atoms with E-state index in [0.29, 0.717) is 18.3 Å². The Morgan fingerprint density at radius 1 is 1.15 bits per heavy atom. The fourth-order valence-electron chi connectivity index (χ4n) is 2.23. The molecule has 0 spiro atoms. The summed E-state index contributed by atoms with van der Waals surface area (Å²) in [7, 11) is -3.94. The lowest BCUT2D eigenvalue weighted by Gasteiger charge is -2.12. The van der Waals surface area contributed by atoms with Gasteiger partial charge in [-0.25, -0.2) is 0 Å². The summed E-state index contributed by atoms with van der Waals surface area (Å²) in [5, 5.41) is 5.94. The Morgan fingerprint density at radius 2 is 1.85 bits per heavy atom. The molecule has 6 nitrogen and oxygen atoms in total. The fourth-order valence-corrected chi connectivity index (χ4v) is 3.15. The van der Waals surface area contributed by atoms with Gasteiger partial charge in [-0.1, -0.05) is 19.1 Å². The number of benzene rings is 2. The summed E-state index contributed by atoms with van der Waals surface area (Å²) in [6.45, 7) is 6.21. The number of amides is 1. The topological polar surface area (TPSA) is 84.5 Å². The second kappa shape index (κ2) is 8.82. The average Bonchev–Trinajstić information content (AvgIpc) is 2.59. The van der Waals surface area contributed by atoms with Gasteiger partial charge >= 0.3 is 10.1 Å². The molecule has 0 saturated carbocycles. The molecule has 26 heavy (non-hydrogen) atoms. The van der Waals surface area contributed by atoms with Crippen LogP contribution in [0, 0.1) is 0 Å². The molecule has 1 atom stereocenters. The van der Waals surface area contributed by atoms with Crippen LogP contribution in [0.15, 0.2) is 53.4 Å². The number of anilines is 1. The molecule has 1 amide bonds. The third kappa shape index (κ3) is 5.86. The molecule has 0 heterocycles. The molecule has 2 rings (SSSR count). The molecule has 0 bridgehead atoms. The van der Waals surface area contributed by atoms with Crippen LogP contribution in [0.25, 0.3) is 0 Å². The van der Waals surface area contributed by atoms with Crippen LogP contribution in [0.1, 0.15) is 32.8 Å². The highest BCUT2D eigenvalue weighted by Crippen LogP contribution is 2.21. The molecule has 0 aliphatic heterocycles. The second-order valence-corrected chi connectivity index (χ2v) is 7.63. The van der Waals surface area contributed by atoms with E-state index in [1.165, 1.54) is 31.2 Å². The van der Waals surface area contributed by atoms with Crippen molar-refractivity contribution in [2.75, 3.05) is 5.32 Å². The highest BCUT2D eigenvalue weighted by atomic mass is 32.2. The predicted octanol–water partition coefficient (Wildman–Crippen LogP) is 3.30. The van der Waals surface area contributed by atoms with Crippen molar-refractivity contribution in [3.8, 4) is 5.75 Å². The molecule has 2 N–H and O–H groups in total. The first-order valence-corrected chi connectivity index (χ1v) is 9.85. The zero-order chi connectivity index (χ0) is 19.2. The first-order chi connectivity index (χ1) is 12.3. The van der Waals surface area contributed by atoms with Gasteiger partial charge in [0.15, 0.2) is 0 Å². The third-order valence-electron chi connectivity index (χ3n) is 3.83. The summed E-state index contributed by atoms with van der Waals surface area (Å²) in [5.41, 5.74) is 1.47. The van der Waals surface area contributed by atoms with Crippen molar-refractivity contribution in [3.63, 3.8) is 0 Å². The maximum absolute atomic E-state index is 12.4. The first-order valence-electron chi connectivity index (χ1n) is 8.44. The van der Waals surface area contributed by atoms with Crippen LogP contribution in [0.2, 0.25) is 0 Å². The smallest absolute Gasteiger partial charge is 0.339 e. The largest absolute Gasteiger partial charge is 0.379 e. The van der Waals surface area contributed by atoms with Gasteiger partial charge in [-0.3, -0.25) is 4.79 Å². The standard InChI is InChI=1S/C19H24N2O4S/c1-4-14(2)20-13-16-6-5-7-18(12-16)25-26(23,24)19-10-8-17(9-11-19)21-15(3)22/h5-12,14,20H,4,13H2,1-3H3,(H,21,22). The Balaban J connectivity index is 2.10. The van der Waals surface area contributed by atoms with Crippen LogP contribution < -0.4 is 14.8 Å². The van der Waals surface area contributed by atoms with Crippen LogP contribution in [0.5, 0.6) is 5.75 Å². The minimum Gasteiger partial charge on any atom is -0.379 e. The molecule has 0 saturated heterocycles. The molecule has 2 aromatic carbocycles. The van der Waals surface area contributed by atoms with Gasteiger partial charge in [0.2, 0.25) is 5.91 Å². The number of rotatable bonds is 8. The van der Waals surface area contributed by atoms with Gasteiger partial charge in [0.05, 0.1) is 0 Å². The van der Waals surface area contributed by atoms with Gasteiger partial charge in [-0.2, -0.15) is 8.42 Å². The maximum Gasteiger partial charge on any atom is 0.339 e. The fraction of sp³-hybridized carbons (Fsp3) is 0.316. The summed E-state index contributed by atoms with van der Waals surface area (Å²) in [4.78, 5) is 11.0. The number of nitrogens with one attached hydrogen (secondary N) is 2. The van der Waals surface area contributed by atoms with Crippen LogP contribution >= 0.6 is 0 Å². The van der Waals surface area contributed by atoms with E-state index >= 15 is 0 Å². The molecule has 2 aromatic rings. The molecule has 0 fully saturated rings. The van der Waals surface area contributed by atoms with Gasteiger partial charge in [-0.05, 0) is 55.3 Å². The van der Waals surface area contributed by atoms with Crippen molar-refractivity contribution in [1.82, 2.24) is 5.32 Å². The van der Waals surface area contributed by atoms with Crippen molar-refractivity contribution in [3.05, 3.63) is 54.1 Å². The van der Waals surface area contributed by atoms with Crippen molar-refractivity contribution in [2.24, 2.45) is 0 Å². The van der Waals surface area contributed by atoms with Crippen LogP contribution in [0.3, 0.4) is 0 Å². The van der Waals surface area contributed by atoms with E-state index in [4.69, 9.17) is 4.18 Å². The molecule has 1 unspecified atom stereocenters. The predicted molar refractivity (Wildman–Crippen MR) is 102 cm³/mol. The van der Waals surface area contributed by atoms with Gasteiger partial charge in [0, 0.05) is 25.2 Å². The highest BCUT2D eigenvalue weighted by Gasteiger charge is 2.17. The molecule has 7 heteroatoms. The molecule has 140 valence electrons. The zero-order valence-electron chi connectivity index (χ0n) is 15.2. The van der Waals surface area contributed by atoms with Crippen molar-refractivity contribution >= 4 is 21.7 Å². The summed E-state index contributed by atoms with van der Waals surface area (Å²) in [5.74, 6) is 0.0408. The van der Waals surface area contributed by atoms with Gasteiger partial charge in [0.25, 0.3) is 0 Å². The minimum absolute atomic E-state index is 0.0229. The summed E-state index contributed by atoms with van der Waals surface area (Å²) in [6, 6.07) is 13.2. The number of carbonyl (C=O) groups is 1. The van der Waals surface area contributed by atoms with Gasteiger partial charge in [-0.15, -0.1) is 0 Å². The molecule has 0 aliphatic carbocycles. The SMILES string of the molecule is CCC(C)NCc1cccc(OS(=O)(=O)c2ccc(NC(C)=O)cc2)c1. The molecular formula is C19H24N2O4S. The lowest BCUT2D eigenvalue weighted by atomic mass is 10.2. The third-order valence-corrected chi connectivity index (χ3v) is 5.10. The lowest BCUT2D eigenvalue weighted by Crippen LogP contribution is -2.24. The highest BCUT2D eigenvalue weighted by molar-refractivity contribution is 7.87. The van der Waals surface area contributed by atoms with E-state index in [1.54, 1.807) is 18.2 Å². The molecular weight excluding hydrogens is 352 g/mol. The van der Waals surface area contributed by atoms with Crippen LogP contribution in [0.4, 0.5) is 5.69 Å². The van der Waals surface area contributed by atoms with Crippen molar-refractivity contribution in [2.45, 2.75) is 44.7 Å².